The summed E-state index contributed by atoms with van der Waals surface area (Å²) in [5.41, 5.74) is 5.75. The smallest absolute Gasteiger partial charge is 0.159 e. The van der Waals surface area contributed by atoms with E-state index in [4.69, 9.17) is 4.74 Å². The van der Waals surface area contributed by atoms with E-state index in [1.54, 1.807) is 14.0 Å². The third kappa shape index (κ3) is 3.35. The zero-order chi connectivity index (χ0) is 17.4. The first-order valence-electron chi connectivity index (χ1n) is 8.67. The maximum atomic E-state index is 11.7. The van der Waals surface area contributed by atoms with E-state index < -0.39 is 0 Å². The van der Waals surface area contributed by atoms with Crippen LogP contribution in [0.2, 0.25) is 0 Å². The molecule has 4 nitrogen and oxygen atoms in total. The Balaban J connectivity index is 0.00000196. The Morgan fingerprint density at radius 1 is 1.19 bits per heavy atom. The van der Waals surface area contributed by atoms with E-state index in [1.807, 2.05) is 30.3 Å². The van der Waals surface area contributed by atoms with Crippen LogP contribution in [0.15, 0.2) is 42.5 Å². The first-order chi connectivity index (χ1) is 12.2. The fraction of sp³-hybridized carbons (Fsp3) is 0.286. The fourth-order valence-electron chi connectivity index (χ4n) is 3.70. The number of methoxy groups -OCH3 is 1. The van der Waals surface area contributed by atoms with Gasteiger partial charge < -0.3 is 15.0 Å². The molecule has 2 heterocycles. The zero-order valence-electron chi connectivity index (χ0n) is 15.0. The van der Waals surface area contributed by atoms with Crippen molar-refractivity contribution in [3.8, 4) is 5.75 Å². The molecule has 0 saturated carbocycles. The summed E-state index contributed by atoms with van der Waals surface area (Å²) in [6.07, 6.45) is 1.90. The third-order valence-electron chi connectivity index (χ3n) is 5.06. The maximum Gasteiger partial charge on any atom is 0.159 e. The van der Waals surface area contributed by atoms with Gasteiger partial charge >= 0.3 is 0 Å². The lowest BCUT2D eigenvalue weighted by atomic mass is 9.94. The minimum atomic E-state index is 0. The largest absolute Gasteiger partial charge is 0.497 e. The van der Waals surface area contributed by atoms with Gasteiger partial charge in [-0.2, -0.15) is 0 Å². The molecule has 2 N–H and O–H groups in total. The molecular weight excluding hydrogens is 348 g/mol. The molecule has 1 unspecified atom stereocenters. The van der Waals surface area contributed by atoms with E-state index in [9.17, 15) is 4.79 Å². The number of aromatic amines is 1. The van der Waals surface area contributed by atoms with Crippen LogP contribution in [-0.2, 0) is 12.8 Å². The van der Waals surface area contributed by atoms with Gasteiger partial charge in [0.1, 0.15) is 5.75 Å². The molecule has 1 aliphatic rings. The standard InChI is InChI=1S/C21H22N2O2.ClH/c1-13(24)15-5-8-19-18(12-15)17-9-10-22-20(21(17)23-19)11-14-3-6-16(25-2)7-4-14;/h3-8,12,20,22-23H,9-11H2,1-2H3;1H. The Hall–Kier alpha value is -2.30. The molecule has 0 amide bonds. The van der Waals surface area contributed by atoms with Gasteiger partial charge in [-0.05, 0) is 67.8 Å². The molecule has 0 saturated heterocycles. The number of carbonyl (C=O) groups excluding carboxylic acids is 1. The van der Waals surface area contributed by atoms with Crippen LogP contribution in [0, 0.1) is 0 Å². The predicted molar refractivity (Wildman–Crippen MR) is 107 cm³/mol. The van der Waals surface area contributed by atoms with Crippen LogP contribution in [-0.4, -0.2) is 24.4 Å². The molecule has 1 aromatic heterocycles. The monoisotopic (exact) mass is 370 g/mol. The number of ketones is 1. The number of fused-ring (bicyclic) bond motifs is 3. The number of halogens is 1. The summed E-state index contributed by atoms with van der Waals surface area (Å²) in [4.78, 5) is 15.3. The molecule has 4 rings (SSSR count). The number of rotatable bonds is 4. The SMILES string of the molecule is COc1ccc(CC2NCCc3c2[nH]c2ccc(C(C)=O)cc32)cc1.Cl. The Labute approximate surface area is 159 Å². The second-order valence-electron chi connectivity index (χ2n) is 6.64. The molecule has 26 heavy (non-hydrogen) atoms. The summed E-state index contributed by atoms with van der Waals surface area (Å²) in [6.45, 7) is 2.57. The summed E-state index contributed by atoms with van der Waals surface area (Å²) < 4.78 is 5.24. The predicted octanol–water partition coefficient (Wildman–Crippen LogP) is 4.23. The normalized spacial score (nSPS) is 16.0. The third-order valence-corrected chi connectivity index (χ3v) is 5.06. The molecule has 0 aliphatic carbocycles. The molecular formula is C21H23ClN2O2. The molecule has 5 heteroatoms. The highest BCUT2D eigenvalue weighted by Crippen LogP contribution is 2.32. The summed E-state index contributed by atoms with van der Waals surface area (Å²) in [6, 6.07) is 14.4. The van der Waals surface area contributed by atoms with Gasteiger partial charge in [0, 0.05) is 22.2 Å². The molecule has 2 aromatic carbocycles. The van der Waals surface area contributed by atoms with Crippen molar-refractivity contribution in [3.63, 3.8) is 0 Å². The van der Waals surface area contributed by atoms with Crippen molar-refractivity contribution in [2.24, 2.45) is 0 Å². The van der Waals surface area contributed by atoms with Gasteiger partial charge in [-0.25, -0.2) is 0 Å². The maximum absolute atomic E-state index is 11.7. The molecule has 0 bridgehead atoms. The second-order valence-corrected chi connectivity index (χ2v) is 6.64. The van der Waals surface area contributed by atoms with Crippen molar-refractivity contribution in [1.29, 1.82) is 0 Å². The highest BCUT2D eigenvalue weighted by Gasteiger charge is 2.24. The van der Waals surface area contributed by atoms with Crippen LogP contribution < -0.4 is 10.1 Å². The Morgan fingerprint density at radius 3 is 2.65 bits per heavy atom. The molecule has 136 valence electrons. The van der Waals surface area contributed by atoms with Crippen LogP contribution in [0.3, 0.4) is 0 Å². The van der Waals surface area contributed by atoms with Crippen molar-refractivity contribution in [1.82, 2.24) is 10.3 Å². The molecule has 0 spiro atoms. The number of carbonyl (C=O) groups is 1. The van der Waals surface area contributed by atoms with E-state index in [1.165, 1.54) is 22.2 Å². The first-order valence-corrected chi connectivity index (χ1v) is 8.67. The van der Waals surface area contributed by atoms with E-state index in [-0.39, 0.29) is 24.2 Å². The summed E-state index contributed by atoms with van der Waals surface area (Å²) in [5, 5.41) is 4.81. The highest BCUT2D eigenvalue weighted by atomic mass is 35.5. The Bertz CT molecular complexity index is 931. The number of hydrogen-bond acceptors (Lipinski definition) is 3. The number of aromatic nitrogens is 1. The van der Waals surface area contributed by atoms with Gasteiger partial charge in [0.15, 0.2) is 5.78 Å². The Morgan fingerprint density at radius 2 is 1.96 bits per heavy atom. The lowest BCUT2D eigenvalue weighted by Crippen LogP contribution is -2.31. The second kappa shape index (κ2) is 7.52. The lowest BCUT2D eigenvalue weighted by molar-refractivity contribution is 0.101. The summed E-state index contributed by atoms with van der Waals surface area (Å²) >= 11 is 0. The average molecular weight is 371 g/mol. The van der Waals surface area contributed by atoms with Gasteiger partial charge in [0.05, 0.1) is 13.2 Å². The van der Waals surface area contributed by atoms with Crippen molar-refractivity contribution >= 4 is 29.1 Å². The van der Waals surface area contributed by atoms with Crippen molar-refractivity contribution in [3.05, 3.63) is 64.8 Å². The van der Waals surface area contributed by atoms with Gasteiger partial charge in [0.2, 0.25) is 0 Å². The van der Waals surface area contributed by atoms with Crippen LogP contribution in [0.5, 0.6) is 5.75 Å². The minimum Gasteiger partial charge on any atom is -0.497 e. The van der Waals surface area contributed by atoms with Gasteiger partial charge in [-0.1, -0.05) is 12.1 Å². The number of hydrogen-bond donors (Lipinski definition) is 2. The zero-order valence-corrected chi connectivity index (χ0v) is 15.8. The number of Topliss-reactive ketones (excluding diaryl/α,β-unsaturated/α-hetero) is 1. The molecule has 0 radical (unpaired) electrons. The topological polar surface area (TPSA) is 54.1 Å². The summed E-state index contributed by atoms with van der Waals surface area (Å²) in [7, 11) is 1.68. The van der Waals surface area contributed by atoms with Gasteiger partial charge in [-0.15, -0.1) is 12.4 Å². The van der Waals surface area contributed by atoms with Crippen LogP contribution in [0.1, 0.15) is 40.1 Å². The van der Waals surface area contributed by atoms with E-state index in [0.29, 0.717) is 0 Å². The van der Waals surface area contributed by atoms with E-state index in [2.05, 4.69) is 22.4 Å². The van der Waals surface area contributed by atoms with Crippen molar-refractivity contribution < 1.29 is 9.53 Å². The van der Waals surface area contributed by atoms with E-state index >= 15 is 0 Å². The Kier molecular flexibility index (Phi) is 5.35. The average Bonchev–Trinajstić information content (AvgIpc) is 3.01. The first kappa shape index (κ1) is 18.5. The van der Waals surface area contributed by atoms with Gasteiger partial charge in [0.25, 0.3) is 0 Å². The number of ether oxygens (including phenoxy) is 1. The van der Waals surface area contributed by atoms with Gasteiger partial charge in [-0.3, -0.25) is 4.79 Å². The highest BCUT2D eigenvalue weighted by molar-refractivity contribution is 5.99. The quantitative estimate of drug-likeness (QED) is 0.676. The molecule has 1 atom stereocenters. The van der Waals surface area contributed by atoms with E-state index in [0.717, 1.165) is 36.2 Å². The van der Waals surface area contributed by atoms with Crippen LogP contribution >= 0.6 is 12.4 Å². The van der Waals surface area contributed by atoms with Crippen molar-refractivity contribution in [2.45, 2.75) is 25.8 Å². The minimum absolute atomic E-state index is 0. The number of nitrogens with one attached hydrogen (secondary N) is 2. The number of H-pyrrole nitrogens is 1. The molecule has 1 aliphatic heterocycles. The lowest BCUT2D eigenvalue weighted by Gasteiger charge is -2.24. The fourth-order valence-corrected chi connectivity index (χ4v) is 3.70. The molecule has 3 aromatic rings. The molecule has 0 fully saturated rings. The number of benzene rings is 2. The van der Waals surface area contributed by atoms with Crippen LogP contribution in [0.25, 0.3) is 10.9 Å². The van der Waals surface area contributed by atoms with Crippen molar-refractivity contribution in [2.75, 3.05) is 13.7 Å². The van der Waals surface area contributed by atoms with Crippen LogP contribution in [0.4, 0.5) is 0 Å². The summed E-state index contributed by atoms with van der Waals surface area (Å²) in [5.74, 6) is 0.990.